The molecule has 0 bridgehead atoms. The van der Waals surface area contributed by atoms with E-state index in [1.165, 1.54) is 10.6 Å². The van der Waals surface area contributed by atoms with E-state index in [2.05, 4.69) is 25.5 Å². The second-order valence-corrected chi connectivity index (χ2v) is 7.84. The highest BCUT2D eigenvalue weighted by molar-refractivity contribution is 5.83. The Kier molecular flexibility index (Phi) is 5.73. The van der Waals surface area contributed by atoms with Crippen LogP contribution in [0.15, 0.2) is 28.8 Å². The molecule has 0 fully saturated rings. The molecule has 0 spiro atoms. The highest BCUT2D eigenvalue weighted by atomic mass is 19.4. The molecule has 0 amide bonds. The van der Waals surface area contributed by atoms with Gasteiger partial charge >= 0.3 is 6.18 Å². The Bertz CT molecular complexity index is 1310. The molecule has 33 heavy (non-hydrogen) atoms. The largest absolute Gasteiger partial charge is 0.497 e. The van der Waals surface area contributed by atoms with Crippen molar-refractivity contribution in [1.82, 2.24) is 24.7 Å². The fourth-order valence-electron chi connectivity index (χ4n) is 3.73. The lowest BCUT2D eigenvalue weighted by Gasteiger charge is -2.21. The molecule has 0 saturated heterocycles. The standard InChI is InChI=1S/C22H23F3N6O2/c1-11-8-15(32-5)6-7-16(11)20-13(3)29-31-18(9-12(2)26-21(20)31)28-17(22(23,24)25)10-19-27-14(4)30-33-19/h6-9,17,28H,10H2,1-5H3. The van der Waals surface area contributed by atoms with E-state index < -0.39 is 18.6 Å². The maximum absolute atomic E-state index is 13.9. The number of halogens is 3. The van der Waals surface area contributed by atoms with Crippen molar-refractivity contribution < 1.29 is 22.4 Å². The molecule has 4 rings (SSSR count). The molecule has 174 valence electrons. The first kappa shape index (κ1) is 22.6. The monoisotopic (exact) mass is 460 g/mol. The molecule has 0 aliphatic rings. The van der Waals surface area contributed by atoms with Crippen molar-refractivity contribution in [2.24, 2.45) is 0 Å². The highest BCUT2D eigenvalue weighted by Gasteiger charge is 2.41. The van der Waals surface area contributed by atoms with Crippen LogP contribution in [-0.2, 0) is 6.42 Å². The van der Waals surface area contributed by atoms with Crippen molar-refractivity contribution in [3.05, 3.63) is 52.9 Å². The summed E-state index contributed by atoms with van der Waals surface area (Å²) >= 11 is 0. The number of rotatable bonds is 6. The Balaban J connectivity index is 1.79. The number of nitrogens with zero attached hydrogens (tertiary/aromatic N) is 5. The van der Waals surface area contributed by atoms with Gasteiger partial charge in [-0.25, -0.2) is 4.98 Å². The van der Waals surface area contributed by atoms with E-state index in [1.807, 2.05) is 25.1 Å². The maximum Gasteiger partial charge on any atom is 0.409 e. The van der Waals surface area contributed by atoms with Crippen LogP contribution in [0.4, 0.5) is 19.0 Å². The second kappa shape index (κ2) is 8.38. The van der Waals surface area contributed by atoms with Gasteiger partial charge in [-0.2, -0.15) is 27.8 Å². The van der Waals surface area contributed by atoms with Crippen LogP contribution in [0.25, 0.3) is 16.8 Å². The van der Waals surface area contributed by atoms with Crippen LogP contribution in [0.5, 0.6) is 5.75 Å². The summed E-state index contributed by atoms with van der Waals surface area (Å²) in [5, 5.41) is 10.6. The fourth-order valence-corrected chi connectivity index (χ4v) is 3.73. The van der Waals surface area contributed by atoms with Crippen LogP contribution >= 0.6 is 0 Å². The first-order valence-corrected chi connectivity index (χ1v) is 10.2. The molecule has 1 aromatic carbocycles. The van der Waals surface area contributed by atoms with E-state index in [-0.39, 0.29) is 17.5 Å². The third kappa shape index (κ3) is 4.48. The number of ether oxygens (including phenoxy) is 1. The molecule has 0 aliphatic carbocycles. The molecular formula is C22H23F3N6O2. The molecule has 1 N–H and O–H groups in total. The van der Waals surface area contributed by atoms with Crippen molar-refractivity contribution in [2.75, 3.05) is 12.4 Å². The van der Waals surface area contributed by atoms with Crippen LogP contribution in [0.1, 0.15) is 28.7 Å². The average Bonchev–Trinajstić information content (AvgIpc) is 3.29. The van der Waals surface area contributed by atoms with Crippen LogP contribution in [-0.4, -0.2) is 44.1 Å². The molecular weight excluding hydrogens is 437 g/mol. The van der Waals surface area contributed by atoms with Gasteiger partial charge in [0.2, 0.25) is 5.89 Å². The first-order valence-electron chi connectivity index (χ1n) is 10.2. The lowest BCUT2D eigenvalue weighted by molar-refractivity contribution is -0.143. The first-order chi connectivity index (χ1) is 15.6. The molecule has 0 aliphatic heterocycles. The Morgan fingerprint density at radius 3 is 2.48 bits per heavy atom. The van der Waals surface area contributed by atoms with Crippen LogP contribution in [0.3, 0.4) is 0 Å². The van der Waals surface area contributed by atoms with Crippen LogP contribution in [0.2, 0.25) is 0 Å². The normalized spacial score (nSPS) is 12.8. The molecule has 8 nitrogen and oxygen atoms in total. The van der Waals surface area contributed by atoms with E-state index in [4.69, 9.17) is 9.26 Å². The molecule has 0 radical (unpaired) electrons. The van der Waals surface area contributed by atoms with Gasteiger partial charge in [-0.3, -0.25) is 0 Å². The SMILES string of the molecule is COc1ccc(-c2c(C)nn3c(NC(Cc4nc(C)no4)C(F)(F)F)cc(C)nc23)c(C)c1. The number of hydrogen-bond acceptors (Lipinski definition) is 7. The smallest absolute Gasteiger partial charge is 0.409 e. The number of aromatic nitrogens is 5. The van der Waals surface area contributed by atoms with E-state index in [0.29, 0.717) is 22.8 Å². The quantitative estimate of drug-likeness (QED) is 0.449. The lowest BCUT2D eigenvalue weighted by Crippen LogP contribution is -2.39. The van der Waals surface area contributed by atoms with Gasteiger partial charge in [0.15, 0.2) is 11.5 Å². The van der Waals surface area contributed by atoms with E-state index >= 15 is 0 Å². The minimum absolute atomic E-state index is 0.101. The van der Waals surface area contributed by atoms with Crippen LogP contribution in [0, 0.1) is 27.7 Å². The third-order valence-corrected chi connectivity index (χ3v) is 5.26. The number of nitrogens with one attached hydrogen (secondary N) is 1. The van der Waals surface area contributed by atoms with Crippen molar-refractivity contribution in [3.63, 3.8) is 0 Å². The highest BCUT2D eigenvalue weighted by Crippen LogP contribution is 2.34. The van der Waals surface area contributed by atoms with Gasteiger partial charge < -0.3 is 14.6 Å². The van der Waals surface area contributed by atoms with E-state index in [0.717, 1.165) is 16.7 Å². The van der Waals surface area contributed by atoms with Gasteiger partial charge in [0, 0.05) is 17.3 Å². The fraction of sp³-hybridized carbons (Fsp3) is 0.364. The number of benzene rings is 1. The van der Waals surface area contributed by atoms with Gasteiger partial charge in [-0.15, -0.1) is 0 Å². The van der Waals surface area contributed by atoms with Crippen molar-refractivity contribution in [3.8, 4) is 16.9 Å². The number of methoxy groups -OCH3 is 1. The Morgan fingerprint density at radius 1 is 1.12 bits per heavy atom. The summed E-state index contributed by atoms with van der Waals surface area (Å²) in [5.41, 5.74) is 4.20. The number of alkyl halides is 3. The van der Waals surface area contributed by atoms with Gasteiger partial charge in [-0.1, -0.05) is 11.2 Å². The molecule has 3 aromatic heterocycles. The molecule has 4 aromatic rings. The van der Waals surface area contributed by atoms with E-state index in [1.54, 1.807) is 27.9 Å². The van der Waals surface area contributed by atoms with Gasteiger partial charge in [0.25, 0.3) is 0 Å². The second-order valence-electron chi connectivity index (χ2n) is 7.84. The lowest BCUT2D eigenvalue weighted by atomic mass is 10.0. The summed E-state index contributed by atoms with van der Waals surface area (Å²) in [5.74, 6) is 1.04. The summed E-state index contributed by atoms with van der Waals surface area (Å²) in [7, 11) is 1.59. The van der Waals surface area contributed by atoms with Gasteiger partial charge in [0.1, 0.15) is 17.6 Å². The maximum atomic E-state index is 13.9. The zero-order chi connectivity index (χ0) is 23.9. The summed E-state index contributed by atoms with van der Waals surface area (Å²) in [6.45, 7) is 7.01. The zero-order valence-corrected chi connectivity index (χ0v) is 18.8. The number of aryl methyl sites for hydroxylation is 4. The van der Waals surface area contributed by atoms with Crippen molar-refractivity contribution in [2.45, 2.75) is 46.3 Å². The minimum atomic E-state index is -4.57. The molecule has 11 heteroatoms. The van der Waals surface area contributed by atoms with E-state index in [9.17, 15) is 13.2 Å². The summed E-state index contributed by atoms with van der Waals surface area (Å²) in [6.07, 6.45) is -5.08. The Morgan fingerprint density at radius 2 is 1.88 bits per heavy atom. The van der Waals surface area contributed by atoms with Gasteiger partial charge in [-0.05, 0) is 51.0 Å². The number of anilines is 1. The minimum Gasteiger partial charge on any atom is -0.497 e. The Hall–Kier alpha value is -3.63. The van der Waals surface area contributed by atoms with Crippen molar-refractivity contribution in [1.29, 1.82) is 0 Å². The predicted molar refractivity (Wildman–Crippen MR) is 115 cm³/mol. The van der Waals surface area contributed by atoms with Gasteiger partial charge in [0.05, 0.1) is 19.2 Å². The number of hydrogen-bond donors (Lipinski definition) is 1. The average molecular weight is 460 g/mol. The molecule has 0 saturated carbocycles. The Labute approximate surface area is 187 Å². The predicted octanol–water partition coefficient (Wildman–Crippen LogP) is 4.61. The summed E-state index contributed by atoms with van der Waals surface area (Å²) in [4.78, 5) is 8.49. The number of fused-ring (bicyclic) bond motifs is 1. The van der Waals surface area contributed by atoms with Crippen LogP contribution < -0.4 is 10.1 Å². The van der Waals surface area contributed by atoms with Crippen molar-refractivity contribution >= 4 is 11.5 Å². The molecule has 3 heterocycles. The third-order valence-electron chi connectivity index (χ3n) is 5.26. The summed E-state index contributed by atoms with van der Waals surface area (Å²) in [6, 6.07) is 5.18. The zero-order valence-electron chi connectivity index (χ0n) is 18.8. The summed E-state index contributed by atoms with van der Waals surface area (Å²) < 4.78 is 53.2. The topological polar surface area (TPSA) is 90.4 Å². The molecule has 1 unspecified atom stereocenters. The molecule has 1 atom stereocenters.